The number of amides is 2. The van der Waals surface area contributed by atoms with Crippen LogP contribution in [0.2, 0.25) is 0 Å². The summed E-state index contributed by atoms with van der Waals surface area (Å²) in [6, 6.07) is 10.2. The Bertz CT molecular complexity index is 748. The maximum Gasteiger partial charge on any atom is 0.318 e. The average molecular weight is 339 g/mol. The van der Waals surface area contributed by atoms with E-state index in [2.05, 4.69) is 46.3 Å². The molecular weight excluding hydrogens is 314 g/mol. The monoisotopic (exact) mass is 339 g/mol. The van der Waals surface area contributed by atoms with Gasteiger partial charge in [-0.1, -0.05) is 25.1 Å². The molecule has 0 bridgehead atoms. The van der Waals surface area contributed by atoms with E-state index in [0.717, 1.165) is 18.7 Å². The molecule has 6 heteroatoms. The molecule has 0 aliphatic carbocycles. The Morgan fingerprint density at radius 2 is 2.12 bits per heavy atom. The highest BCUT2D eigenvalue weighted by molar-refractivity contribution is 5.75. The van der Waals surface area contributed by atoms with Crippen molar-refractivity contribution in [3.8, 4) is 0 Å². The van der Waals surface area contributed by atoms with Crippen LogP contribution in [0.3, 0.4) is 0 Å². The molecule has 0 saturated carbocycles. The molecule has 0 fully saturated rings. The molecule has 1 N–H and O–H groups in total. The highest BCUT2D eigenvalue weighted by atomic mass is 16.2. The van der Waals surface area contributed by atoms with Crippen LogP contribution in [0.1, 0.15) is 30.4 Å². The Morgan fingerprint density at radius 3 is 2.88 bits per heavy atom. The van der Waals surface area contributed by atoms with E-state index in [-0.39, 0.29) is 12.1 Å². The summed E-state index contributed by atoms with van der Waals surface area (Å²) in [4.78, 5) is 25.5. The van der Waals surface area contributed by atoms with E-state index in [1.807, 2.05) is 30.0 Å². The summed E-state index contributed by atoms with van der Waals surface area (Å²) in [5.41, 5.74) is 3.19. The van der Waals surface area contributed by atoms with Crippen LogP contribution in [0.25, 0.3) is 0 Å². The van der Waals surface area contributed by atoms with Crippen molar-refractivity contribution in [2.45, 2.75) is 39.4 Å². The first-order valence-electron chi connectivity index (χ1n) is 8.70. The predicted octanol–water partition coefficient (Wildman–Crippen LogP) is 2.73. The van der Waals surface area contributed by atoms with Crippen LogP contribution in [0.15, 0.2) is 36.5 Å². The van der Waals surface area contributed by atoms with Gasteiger partial charge >= 0.3 is 6.03 Å². The van der Waals surface area contributed by atoms with E-state index in [4.69, 9.17) is 0 Å². The number of carbonyl (C=O) groups is 1. The highest BCUT2D eigenvalue weighted by Gasteiger charge is 2.28. The van der Waals surface area contributed by atoms with Crippen molar-refractivity contribution in [3.63, 3.8) is 0 Å². The Kier molecular flexibility index (Phi) is 5.16. The molecule has 1 aliphatic rings. The molecule has 2 aromatic rings. The number of rotatable bonds is 3. The smallest absolute Gasteiger partial charge is 0.318 e. The van der Waals surface area contributed by atoms with Gasteiger partial charge in [0.05, 0.1) is 18.3 Å². The van der Waals surface area contributed by atoms with E-state index in [1.165, 1.54) is 11.3 Å². The molecule has 0 radical (unpaired) electrons. The van der Waals surface area contributed by atoms with Gasteiger partial charge in [0.2, 0.25) is 0 Å². The molecule has 0 spiro atoms. The van der Waals surface area contributed by atoms with Gasteiger partial charge in [0.15, 0.2) is 0 Å². The highest BCUT2D eigenvalue weighted by Crippen LogP contribution is 2.27. The molecule has 1 aromatic carbocycles. The number of benzene rings is 1. The number of hydrogen-bond acceptors (Lipinski definition) is 4. The number of fused-ring (bicyclic) bond motifs is 1. The van der Waals surface area contributed by atoms with Crippen molar-refractivity contribution in [1.82, 2.24) is 20.2 Å². The van der Waals surface area contributed by atoms with Crippen LogP contribution in [0, 0.1) is 6.92 Å². The predicted molar refractivity (Wildman–Crippen MR) is 98.3 cm³/mol. The zero-order chi connectivity index (χ0) is 17.8. The number of para-hydroxylation sites is 1. The first-order chi connectivity index (χ1) is 12.1. The summed E-state index contributed by atoms with van der Waals surface area (Å²) in [6.45, 7) is 5.83. The second-order valence-electron chi connectivity index (χ2n) is 6.45. The number of aryl methyl sites for hydroxylation is 1. The number of nitrogens with zero attached hydrogens (tertiary/aromatic N) is 4. The average Bonchev–Trinajstić information content (AvgIpc) is 2.76. The minimum atomic E-state index is -0.0479. The standard InChI is InChI=1S/C19H25N5O/c1-4-17-13-23(3)18-8-6-5-7-15(18)12-24(17)19(25)21-11-16-9-10-20-14(2)22-16/h5-10,17H,4,11-13H2,1-3H3,(H,21,25)/t17-/m0/s1. The van der Waals surface area contributed by atoms with E-state index < -0.39 is 0 Å². The minimum Gasteiger partial charge on any atom is -0.372 e. The van der Waals surface area contributed by atoms with Gasteiger partial charge in [-0.2, -0.15) is 0 Å². The molecular formula is C19H25N5O. The second-order valence-corrected chi connectivity index (χ2v) is 6.45. The summed E-state index contributed by atoms with van der Waals surface area (Å²) < 4.78 is 0. The summed E-state index contributed by atoms with van der Waals surface area (Å²) >= 11 is 0. The zero-order valence-corrected chi connectivity index (χ0v) is 15.1. The number of aromatic nitrogens is 2. The van der Waals surface area contributed by atoms with E-state index in [0.29, 0.717) is 18.9 Å². The molecule has 0 unspecified atom stereocenters. The molecule has 2 heterocycles. The Hall–Kier alpha value is -2.63. The van der Waals surface area contributed by atoms with Crippen molar-refractivity contribution in [2.75, 3.05) is 18.5 Å². The Labute approximate surface area is 148 Å². The van der Waals surface area contributed by atoms with Crippen molar-refractivity contribution in [3.05, 3.63) is 53.6 Å². The fourth-order valence-corrected chi connectivity index (χ4v) is 3.30. The molecule has 6 nitrogen and oxygen atoms in total. The van der Waals surface area contributed by atoms with Gasteiger partial charge in [0, 0.05) is 32.0 Å². The van der Waals surface area contributed by atoms with Crippen LogP contribution in [-0.2, 0) is 13.1 Å². The lowest BCUT2D eigenvalue weighted by Gasteiger charge is -2.30. The van der Waals surface area contributed by atoms with Gasteiger partial charge in [-0.15, -0.1) is 0 Å². The van der Waals surface area contributed by atoms with Crippen LogP contribution >= 0.6 is 0 Å². The lowest BCUT2D eigenvalue weighted by atomic mass is 10.1. The maximum atomic E-state index is 12.8. The topological polar surface area (TPSA) is 61.4 Å². The summed E-state index contributed by atoms with van der Waals surface area (Å²) in [6.07, 6.45) is 2.63. The normalized spacial score (nSPS) is 17.0. The number of carbonyl (C=O) groups excluding carboxylic acids is 1. The summed E-state index contributed by atoms with van der Waals surface area (Å²) in [5.74, 6) is 0.712. The van der Waals surface area contributed by atoms with Crippen LogP contribution in [0.5, 0.6) is 0 Å². The van der Waals surface area contributed by atoms with Gasteiger partial charge in [0.1, 0.15) is 5.82 Å². The molecule has 1 aliphatic heterocycles. The fraction of sp³-hybridized carbons (Fsp3) is 0.421. The van der Waals surface area contributed by atoms with Crippen molar-refractivity contribution in [2.24, 2.45) is 0 Å². The van der Waals surface area contributed by atoms with Crippen LogP contribution in [-0.4, -0.2) is 40.5 Å². The SMILES string of the molecule is CC[C@H]1CN(C)c2ccccc2CN1C(=O)NCc1ccnc(C)n1. The van der Waals surface area contributed by atoms with Gasteiger partial charge < -0.3 is 15.1 Å². The molecule has 0 saturated heterocycles. The number of anilines is 1. The van der Waals surface area contributed by atoms with Crippen molar-refractivity contribution >= 4 is 11.7 Å². The third kappa shape index (κ3) is 3.90. The quantitative estimate of drug-likeness (QED) is 0.934. The van der Waals surface area contributed by atoms with Gasteiger partial charge in [-0.25, -0.2) is 14.8 Å². The second kappa shape index (κ2) is 7.51. The number of likely N-dealkylation sites (N-methyl/N-ethyl adjacent to an activating group) is 1. The lowest BCUT2D eigenvalue weighted by Crippen LogP contribution is -2.47. The Morgan fingerprint density at radius 1 is 1.32 bits per heavy atom. The van der Waals surface area contributed by atoms with Gasteiger partial charge in [0.25, 0.3) is 0 Å². The van der Waals surface area contributed by atoms with Gasteiger partial charge in [-0.05, 0) is 31.0 Å². The van der Waals surface area contributed by atoms with Crippen molar-refractivity contribution < 1.29 is 4.79 Å². The summed E-state index contributed by atoms with van der Waals surface area (Å²) in [7, 11) is 2.09. The van der Waals surface area contributed by atoms with Gasteiger partial charge in [-0.3, -0.25) is 0 Å². The third-order valence-electron chi connectivity index (χ3n) is 4.66. The molecule has 25 heavy (non-hydrogen) atoms. The third-order valence-corrected chi connectivity index (χ3v) is 4.66. The number of nitrogens with one attached hydrogen (secondary N) is 1. The van der Waals surface area contributed by atoms with Crippen LogP contribution < -0.4 is 10.2 Å². The largest absolute Gasteiger partial charge is 0.372 e. The molecule has 2 amide bonds. The summed E-state index contributed by atoms with van der Waals surface area (Å²) in [5, 5.41) is 3.01. The fourth-order valence-electron chi connectivity index (χ4n) is 3.30. The Balaban J connectivity index is 1.75. The first kappa shape index (κ1) is 17.2. The van der Waals surface area contributed by atoms with Crippen LogP contribution in [0.4, 0.5) is 10.5 Å². The molecule has 1 aromatic heterocycles. The van der Waals surface area contributed by atoms with E-state index in [9.17, 15) is 4.79 Å². The van der Waals surface area contributed by atoms with E-state index >= 15 is 0 Å². The first-order valence-corrected chi connectivity index (χ1v) is 8.70. The zero-order valence-electron chi connectivity index (χ0n) is 15.1. The molecule has 132 valence electrons. The van der Waals surface area contributed by atoms with Crippen molar-refractivity contribution in [1.29, 1.82) is 0 Å². The number of hydrogen-bond donors (Lipinski definition) is 1. The lowest BCUT2D eigenvalue weighted by molar-refractivity contribution is 0.171. The number of urea groups is 1. The molecule has 1 atom stereocenters. The molecule has 3 rings (SSSR count). The van der Waals surface area contributed by atoms with E-state index in [1.54, 1.807) is 6.20 Å². The minimum absolute atomic E-state index is 0.0479. The maximum absolute atomic E-state index is 12.8.